The van der Waals surface area contributed by atoms with Gasteiger partial charge in [0.1, 0.15) is 11.5 Å². The van der Waals surface area contributed by atoms with Crippen LogP contribution >= 0.6 is 23.2 Å². The van der Waals surface area contributed by atoms with Crippen LogP contribution in [0.3, 0.4) is 0 Å². The van der Waals surface area contributed by atoms with Crippen LogP contribution in [0, 0.1) is 0 Å². The van der Waals surface area contributed by atoms with Crippen molar-refractivity contribution in [1.29, 1.82) is 0 Å². The molecule has 0 amide bonds. The van der Waals surface area contributed by atoms with Crippen molar-refractivity contribution in [1.82, 2.24) is 0 Å². The number of anilines is 1. The molecule has 2 aromatic rings. The van der Waals surface area contributed by atoms with E-state index >= 15 is 0 Å². The maximum atomic E-state index is 6.22. The largest absolute Gasteiger partial charge is 0.496 e. The van der Waals surface area contributed by atoms with Crippen molar-refractivity contribution in [3.8, 4) is 17.2 Å². The van der Waals surface area contributed by atoms with Gasteiger partial charge in [0.15, 0.2) is 5.75 Å². The molecule has 0 aliphatic carbocycles. The van der Waals surface area contributed by atoms with E-state index in [1.165, 1.54) is 0 Å². The second kappa shape index (κ2) is 7.77. The molecule has 0 aliphatic rings. The minimum absolute atomic E-state index is 0.350. The molecule has 124 valence electrons. The predicted octanol–water partition coefficient (Wildman–Crippen LogP) is 5.59. The van der Waals surface area contributed by atoms with Crippen LogP contribution in [0.2, 0.25) is 10.0 Å². The Hall–Kier alpha value is -1.62. The first kappa shape index (κ1) is 17.7. The standard InChI is InChI=1S/C17H20Cl2N2O2/c1-4-10(2)13-9-12(5-6-16(13)22-3)23-17-14(18)7-11(21-20)8-15(17)19/h5-10,21H,4,20H2,1-3H3. The third-order valence-electron chi connectivity index (χ3n) is 3.73. The number of hydrogen-bond acceptors (Lipinski definition) is 4. The number of ether oxygens (including phenoxy) is 2. The van der Waals surface area contributed by atoms with E-state index in [4.69, 9.17) is 38.5 Å². The lowest BCUT2D eigenvalue weighted by Gasteiger charge is -2.17. The first-order valence-electron chi connectivity index (χ1n) is 7.31. The molecule has 2 aromatic carbocycles. The van der Waals surface area contributed by atoms with Gasteiger partial charge in [-0.25, -0.2) is 0 Å². The van der Waals surface area contributed by atoms with Crippen molar-refractivity contribution in [3.63, 3.8) is 0 Å². The van der Waals surface area contributed by atoms with E-state index in [0.29, 0.717) is 33.1 Å². The summed E-state index contributed by atoms with van der Waals surface area (Å²) in [6.45, 7) is 4.27. The average Bonchev–Trinajstić information content (AvgIpc) is 2.56. The first-order valence-corrected chi connectivity index (χ1v) is 8.07. The topological polar surface area (TPSA) is 56.5 Å². The normalized spacial score (nSPS) is 11.9. The molecular weight excluding hydrogens is 335 g/mol. The zero-order chi connectivity index (χ0) is 17.0. The molecule has 0 fully saturated rings. The Balaban J connectivity index is 2.37. The quantitative estimate of drug-likeness (QED) is 0.524. The van der Waals surface area contributed by atoms with Crippen LogP contribution in [0.4, 0.5) is 5.69 Å². The number of rotatable bonds is 6. The van der Waals surface area contributed by atoms with Crippen molar-refractivity contribution in [2.75, 3.05) is 12.5 Å². The van der Waals surface area contributed by atoms with Gasteiger partial charge in [0.05, 0.1) is 22.8 Å². The van der Waals surface area contributed by atoms with Crippen LogP contribution in [-0.4, -0.2) is 7.11 Å². The van der Waals surface area contributed by atoms with E-state index in [2.05, 4.69) is 19.3 Å². The maximum absolute atomic E-state index is 6.22. The summed E-state index contributed by atoms with van der Waals surface area (Å²) >= 11 is 12.4. The number of methoxy groups -OCH3 is 1. The summed E-state index contributed by atoms with van der Waals surface area (Å²) in [7, 11) is 1.66. The number of nitrogen functional groups attached to an aromatic ring is 1. The van der Waals surface area contributed by atoms with Gasteiger partial charge in [0.2, 0.25) is 0 Å². The van der Waals surface area contributed by atoms with Crippen LogP contribution in [-0.2, 0) is 0 Å². The minimum Gasteiger partial charge on any atom is -0.496 e. The Morgan fingerprint density at radius 3 is 2.35 bits per heavy atom. The van der Waals surface area contributed by atoms with Crippen molar-refractivity contribution in [2.45, 2.75) is 26.2 Å². The molecule has 0 spiro atoms. The lowest BCUT2D eigenvalue weighted by molar-refractivity contribution is 0.403. The number of benzene rings is 2. The molecule has 2 rings (SSSR count). The predicted molar refractivity (Wildman–Crippen MR) is 96.0 cm³/mol. The van der Waals surface area contributed by atoms with Gasteiger partial charge in [-0.1, -0.05) is 37.0 Å². The molecule has 0 heterocycles. The van der Waals surface area contributed by atoms with Crippen LogP contribution in [0.25, 0.3) is 0 Å². The summed E-state index contributed by atoms with van der Waals surface area (Å²) in [5.41, 5.74) is 4.20. The zero-order valence-electron chi connectivity index (χ0n) is 13.3. The Bertz CT molecular complexity index is 669. The van der Waals surface area contributed by atoms with Gasteiger partial charge in [-0.15, -0.1) is 0 Å². The second-order valence-corrected chi connectivity index (χ2v) is 6.04. The lowest BCUT2D eigenvalue weighted by Crippen LogP contribution is -2.06. The van der Waals surface area contributed by atoms with Crippen LogP contribution in [0.5, 0.6) is 17.2 Å². The lowest BCUT2D eigenvalue weighted by atomic mass is 9.97. The molecule has 23 heavy (non-hydrogen) atoms. The third-order valence-corrected chi connectivity index (χ3v) is 4.29. The summed E-state index contributed by atoms with van der Waals surface area (Å²) in [5.74, 6) is 7.61. The fraction of sp³-hybridized carbons (Fsp3) is 0.294. The zero-order valence-corrected chi connectivity index (χ0v) is 14.8. The summed E-state index contributed by atoms with van der Waals surface area (Å²) < 4.78 is 11.3. The van der Waals surface area contributed by atoms with E-state index < -0.39 is 0 Å². The molecule has 3 N–H and O–H groups in total. The molecule has 0 saturated heterocycles. The highest BCUT2D eigenvalue weighted by molar-refractivity contribution is 6.37. The van der Waals surface area contributed by atoms with Crippen molar-refractivity contribution >= 4 is 28.9 Å². The number of nitrogens with two attached hydrogens (primary N) is 1. The summed E-state index contributed by atoms with van der Waals surface area (Å²) in [4.78, 5) is 0. The Labute approximate surface area is 146 Å². The highest BCUT2D eigenvalue weighted by atomic mass is 35.5. The Kier molecular flexibility index (Phi) is 5.99. The van der Waals surface area contributed by atoms with Crippen molar-refractivity contribution in [2.24, 2.45) is 5.84 Å². The number of nitrogens with one attached hydrogen (secondary N) is 1. The molecule has 0 saturated carbocycles. The number of hydrazine groups is 1. The number of hydrogen-bond donors (Lipinski definition) is 2. The molecule has 0 aromatic heterocycles. The molecule has 0 aliphatic heterocycles. The molecule has 4 nitrogen and oxygen atoms in total. The maximum Gasteiger partial charge on any atom is 0.164 e. The molecule has 0 radical (unpaired) electrons. The molecule has 6 heteroatoms. The Morgan fingerprint density at radius 2 is 1.83 bits per heavy atom. The second-order valence-electron chi connectivity index (χ2n) is 5.23. The SMILES string of the molecule is CCC(C)c1cc(Oc2c(Cl)cc(NN)cc2Cl)ccc1OC. The Morgan fingerprint density at radius 1 is 1.17 bits per heavy atom. The third kappa shape index (κ3) is 4.02. The summed E-state index contributed by atoms with van der Waals surface area (Å²) in [5, 5.41) is 0.762. The van der Waals surface area contributed by atoms with Gasteiger partial charge in [-0.2, -0.15) is 0 Å². The molecular formula is C17H20Cl2N2O2. The smallest absolute Gasteiger partial charge is 0.164 e. The summed E-state index contributed by atoms with van der Waals surface area (Å²) in [6.07, 6.45) is 0.998. The van der Waals surface area contributed by atoms with E-state index in [-0.39, 0.29) is 0 Å². The van der Waals surface area contributed by atoms with E-state index in [1.54, 1.807) is 19.2 Å². The average molecular weight is 355 g/mol. The fourth-order valence-corrected chi connectivity index (χ4v) is 2.80. The van der Waals surface area contributed by atoms with Gasteiger partial charge in [-0.3, -0.25) is 5.84 Å². The van der Waals surface area contributed by atoms with Crippen molar-refractivity contribution < 1.29 is 9.47 Å². The van der Waals surface area contributed by atoms with E-state index in [9.17, 15) is 0 Å². The van der Waals surface area contributed by atoms with Crippen LogP contribution in [0.15, 0.2) is 30.3 Å². The first-order chi connectivity index (χ1) is 11.0. The minimum atomic E-state index is 0.350. The monoisotopic (exact) mass is 354 g/mol. The van der Waals surface area contributed by atoms with Gasteiger partial charge < -0.3 is 14.9 Å². The van der Waals surface area contributed by atoms with Gasteiger partial charge in [0, 0.05) is 5.56 Å². The molecule has 0 bridgehead atoms. The summed E-state index contributed by atoms with van der Waals surface area (Å²) in [6, 6.07) is 8.97. The van der Waals surface area contributed by atoms with Crippen molar-refractivity contribution in [3.05, 3.63) is 45.9 Å². The van der Waals surface area contributed by atoms with E-state index in [0.717, 1.165) is 17.7 Å². The van der Waals surface area contributed by atoms with Crippen LogP contribution < -0.4 is 20.7 Å². The highest BCUT2D eigenvalue weighted by Gasteiger charge is 2.14. The molecule has 1 atom stereocenters. The fourth-order valence-electron chi connectivity index (χ4n) is 2.24. The van der Waals surface area contributed by atoms with Gasteiger partial charge in [0.25, 0.3) is 0 Å². The van der Waals surface area contributed by atoms with Gasteiger partial charge in [-0.05, 0) is 42.7 Å². The highest BCUT2D eigenvalue weighted by Crippen LogP contribution is 2.40. The van der Waals surface area contributed by atoms with E-state index in [1.807, 2.05) is 18.2 Å². The van der Waals surface area contributed by atoms with Gasteiger partial charge >= 0.3 is 0 Å². The number of halogens is 2. The van der Waals surface area contributed by atoms with Crippen LogP contribution in [0.1, 0.15) is 31.7 Å². The molecule has 1 unspecified atom stereocenters.